The summed E-state index contributed by atoms with van der Waals surface area (Å²) in [5.41, 5.74) is 5.71. The average molecular weight is 640 g/mol. The minimum absolute atomic E-state index is 0.279. The predicted octanol–water partition coefficient (Wildman–Crippen LogP) is 5.84. The molecule has 1 amide bonds. The van der Waals surface area contributed by atoms with Crippen LogP contribution in [0.5, 0.6) is 5.75 Å². The summed E-state index contributed by atoms with van der Waals surface area (Å²) in [5.74, 6) is 0.0161. The van der Waals surface area contributed by atoms with Crippen molar-refractivity contribution in [2.75, 3.05) is 56.2 Å². The Morgan fingerprint density at radius 3 is 2.53 bits per heavy atom. The molecule has 1 aromatic carbocycles. The second kappa shape index (κ2) is 12.5. The fourth-order valence-electron chi connectivity index (χ4n) is 7.73. The van der Waals surface area contributed by atoms with E-state index in [1.54, 1.807) is 12.1 Å². The molecule has 1 N–H and O–H groups in total. The number of aromatic nitrogens is 4. The Morgan fingerprint density at radius 2 is 1.74 bits per heavy atom. The highest BCUT2D eigenvalue weighted by molar-refractivity contribution is 6.05. The molecule has 0 atom stereocenters. The van der Waals surface area contributed by atoms with Gasteiger partial charge in [0.2, 0.25) is 11.9 Å². The van der Waals surface area contributed by atoms with Crippen LogP contribution in [0.25, 0.3) is 22.3 Å². The van der Waals surface area contributed by atoms with Crippen molar-refractivity contribution in [1.29, 1.82) is 0 Å². The summed E-state index contributed by atoms with van der Waals surface area (Å²) in [6, 6.07) is 11.9. The Kier molecular flexibility index (Phi) is 8.05. The number of ether oxygens (including phenoxy) is 2. The van der Waals surface area contributed by atoms with Crippen LogP contribution in [0.2, 0.25) is 0 Å². The largest absolute Gasteiger partial charge is 0.493 e. The Morgan fingerprint density at radius 1 is 0.936 bits per heavy atom. The second-order valence-electron chi connectivity index (χ2n) is 13.7. The first kappa shape index (κ1) is 30.3. The number of nitrogens with one attached hydrogen (secondary N) is 1. The van der Waals surface area contributed by atoms with Gasteiger partial charge in [-0.1, -0.05) is 0 Å². The summed E-state index contributed by atoms with van der Waals surface area (Å²) in [6.45, 7) is 9.29. The third-order valence-electron chi connectivity index (χ3n) is 10.7. The van der Waals surface area contributed by atoms with Gasteiger partial charge in [-0.15, -0.1) is 0 Å². The van der Waals surface area contributed by atoms with E-state index in [9.17, 15) is 9.18 Å². The van der Waals surface area contributed by atoms with Crippen molar-refractivity contribution in [2.45, 2.75) is 64.5 Å². The van der Waals surface area contributed by atoms with Gasteiger partial charge in [-0.05, 0) is 101 Å². The topological polar surface area (TPSA) is 97.6 Å². The molecule has 0 aliphatic carbocycles. The number of carbonyl (C=O) groups excluding carboxylic acids is 1. The third kappa shape index (κ3) is 6.07. The van der Waals surface area contributed by atoms with Crippen LogP contribution in [0.3, 0.4) is 0 Å². The summed E-state index contributed by atoms with van der Waals surface area (Å²) in [6.07, 6.45) is 9.03. The number of anilines is 2. The molecule has 3 fully saturated rings. The van der Waals surface area contributed by atoms with Gasteiger partial charge in [0.15, 0.2) is 0 Å². The molecule has 2 bridgehead atoms. The van der Waals surface area contributed by atoms with Crippen molar-refractivity contribution in [3.63, 3.8) is 0 Å². The normalized spacial score (nSPS) is 20.8. The van der Waals surface area contributed by atoms with Gasteiger partial charge in [0.1, 0.15) is 5.75 Å². The van der Waals surface area contributed by atoms with Gasteiger partial charge in [-0.2, -0.15) is 4.39 Å². The van der Waals surface area contributed by atoms with Gasteiger partial charge >= 0.3 is 0 Å². The van der Waals surface area contributed by atoms with Crippen molar-refractivity contribution in [3.05, 3.63) is 59.8 Å². The van der Waals surface area contributed by atoms with E-state index in [4.69, 9.17) is 14.5 Å². The summed E-state index contributed by atoms with van der Waals surface area (Å²) in [4.78, 5) is 32.2. The van der Waals surface area contributed by atoms with Crippen LogP contribution in [-0.2, 0) is 11.3 Å². The minimum Gasteiger partial charge on any atom is -0.493 e. The molecule has 10 nitrogen and oxygen atoms in total. The Balaban J connectivity index is 1.04. The monoisotopic (exact) mass is 639 g/mol. The molecule has 0 unspecified atom stereocenters. The Hall–Kier alpha value is -4.09. The van der Waals surface area contributed by atoms with Crippen molar-refractivity contribution in [3.8, 4) is 17.0 Å². The predicted molar refractivity (Wildman–Crippen MR) is 178 cm³/mol. The van der Waals surface area contributed by atoms with E-state index in [1.807, 2.05) is 6.92 Å². The number of pyridine rings is 2. The third-order valence-corrected chi connectivity index (χ3v) is 10.7. The van der Waals surface area contributed by atoms with Crippen LogP contribution >= 0.6 is 0 Å². The maximum absolute atomic E-state index is 14.1. The zero-order valence-electron chi connectivity index (χ0n) is 27.0. The molecule has 11 heteroatoms. The van der Waals surface area contributed by atoms with Crippen LogP contribution in [0.1, 0.15) is 61.0 Å². The lowest BCUT2D eigenvalue weighted by Gasteiger charge is -2.50. The molecule has 4 aliphatic rings. The van der Waals surface area contributed by atoms with Crippen LogP contribution in [0, 0.1) is 18.3 Å². The molecule has 0 radical (unpaired) electrons. The van der Waals surface area contributed by atoms with E-state index in [0.29, 0.717) is 58.8 Å². The lowest BCUT2D eigenvalue weighted by Crippen LogP contribution is -2.54. The number of hydrogen-bond acceptors (Lipinski definition) is 8. The highest BCUT2D eigenvalue weighted by Crippen LogP contribution is 2.43. The average Bonchev–Trinajstić information content (AvgIpc) is 3.38. The number of aryl methyl sites for hydroxylation is 2. The SMILES string of the molecule is Cc1cc2cc(n1)-c1cnc(F)cc1OCCCCCn1c(nc3ccc(N4CCC5(CC4)CCN(C4COC4)CC5)cc31)NC2=O. The van der Waals surface area contributed by atoms with E-state index in [2.05, 4.69) is 47.9 Å². The smallest absolute Gasteiger partial charge is 0.258 e. The van der Waals surface area contributed by atoms with E-state index in [-0.39, 0.29) is 5.91 Å². The molecule has 7 heterocycles. The number of benzene rings is 1. The van der Waals surface area contributed by atoms with Crippen LogP contribution in [-0.4, -0.2) is 82.4 Å². The summed E-state index contributed by atoms with van der Waals surface area (Å²) < 4.78 is 27.7. The maximum atomic E-state index is 14.1. The summed E-state index contributed by atoms with van der Waals surface area (Å²) in [5, 5.41) is 3.10. The van der Waals surface area contributed by atoms with Crippen LogP contribution in [0.4, 0.5) is 16.0 Å². The number of rotatable bonds is 2. The van der Waals surface area contributed by atoms with Gasteiger partial charge in [0, 0.05) is 48.8 Å². The van der Waals surface area contributed by atoms with Gasteiger partial charge in [0.25, 0.3) is 5.91 Å². The van der Waals surface area contributed by atoms with Gasteiger partial charge < -0.3 is 18.9 Å². The highest BCUT2D eigenvalue weighted by atomic mass is 19.1. The quantitative estimate of drug-likeness (QED) is 0.274. The molecule has 1 spiro atoms. The first-order valence-corrected chi connectivity index (χ1v) is 17.1. The van der Waals surface area contributed by atoms with Gasteiger partial charge in [-0.25, -0.2) is 9.97 Å². The molecule has 246 valence electrons. The summed E-state index contributed by atoms with van der Waals surface area (Å²) >= 11 is 0. The van der Waals surface area contributed by atoms with Gasteiger partial charge in [-0.3, -0.25) is 20.0 Å². The van der Waals surface area contributed by atoms with Crippen LogP contribution in [0.15, 0.2) is 42.6 Å². The molecule has 0 saturated carbocycles. The fraction of sp³-hybridized carbons (Fsp3) is 0.500. The molecular weight excluding hydrogens is 597 g/mol. The van der Waals surface area contributed by atoms with E-state index < -0.39 is 5.95 Å². The molecule has 3 saturated heterocycles. The number of imidazole rings is 1. The number of amides is 1. The van der Waals surface area contributed by atoms with Crippen molar-refractivity contribution >= 4 is 28.6 Å². The zero-order valence-corrected chi connectivity index (χ0v) is 27.0. The lowest BCUT2D eigenvalue weighted by molar-refractivity contribution is -0.0834. The van der Waals surface area contributed by atoms with Crippen molar-refractivity contribution < 1.29 is 18.7 Å². The molecule has 4 aliphatic heterocycles. The van der Waals surface area contributed by atoms with Crippen LogP contribution < -0.4 is 15.0 Å². The Labute approximate surface area is 274 Å². The Bertz CT molecular complexity index is 1790. The molecule has 47 heavy (non-hydrogen) atoms. The number of likely N-dealkylation sites (tertiary alicyclic amines) is 1. The number of piperidine rings is 2. The molecule has 4 aromatic rings. The first-order valence-electron chi connectivity index (χ1n) is 17.1. The molecule has 3 aromatic heterocycles. The first-order chi connectivity index (χ1) is 22.9. The number of carbonyl (C=O) groups is 1. The maximum Gasteiger partial charge on any atom is 0.258 e. The number of fused-ring (bicyclic) bond motifs is 7. The van der Waals surface area contributed by atoms with Gasteiger partial charge in [0.05, 0.1) is 48.2 Å². The minimum atomic E-state index is -0.617. The number of halogens is 1. The zero-order chi connectivity index (χ0) is 32.0. The number of nitrogens with zero attached hydrogens (tertiary/aromatic N) is 6. The lowest BCUT2D eigenvalue weighted by atomic mass is 9.71. The van der Waals surface area contributed by atoms with E-state index in [1.165, 1.54) is 56.7 Å². The summed E-state index contributed by atoms with van der Waals surface area (Å²) in [7, 11) is 0. The second-order valence-corrected chi connectivity index (χ2v) is 13.7. The van der Waals surface area contributed by atoms with Crippen molar-refractivity contribution in [1.82, 2.24) is 24.4 Å². The molecule has 8 rings (SSSR count). The highest BCUT2D eigenvalue weighted by Gasteiger charge is 2.40. The molecular formula is C36H42FN7O3. The van der Waals surface area contributed by atoms with E-state index >= 15 is 0 Å². The van der Waals surface area contributed by atoms with Crippen molar-refractivity contribution in [2.24, 2.45) is 5.41 Å². The number of hydrogen-bond donors (Lipinski definition) is 1. The van der Waals surface area contributed by atoms with E-state index in [0.717, 1.165) is 56.6 Å². The fourth-order valence-corrected chi connectivity index (χ4v) is 7.73. The standard InChI is InChI=1S/C36H42FN7O3/c1-24-17-25-18-30(39-24)28-21-38-33(37)20-32(28)47-16-4-2-3-11-44-31-19-26(5-6-29(31)40-35(44)41-34(25)45)42-12-7-36(8-13-42)9-14-43(15-10-36)27-22-46-23-27/h5-6,17-21,27H,2-4,7-16,22-23H2,1H3,(H,40,41,45).